The zero-order valence-electron chi connectivity index (χ0n) is 15.2. The summed E-state index contributed by atoms with van der Waals surface area (Å²) >= 11 is 0. The molecule has 5 unspecified atom stereocenters. The number of carbonyl (C=O) groups is 1. The lowest BCUT2D eigenvalue weighted by Gasteiger charge is -2.63. The molecule has 3 heteroatoms. The second-order valence-electron chi connectivity index (χ2n) is 9.82. The Morgan fingerprint density at radius 3 is 2.65 bits per heavy atom. The van der Waals surface area contributed by atoms with Crippen molar-refractivity contribution in [3.63, 3.8) is 0 Å². The molecule has 130 valence electrons. The molecule has 1 saturated heterocycles. The van der Waals surface area contributed by atoms with Crippen LogP contribution in [0.4, 0.5) is 0 Å². The van der Waals surface area contributed by atoms with E-state index in [1.165, 1.54) is 12.8 Å². The van der Waals surface area contributed by atoms with Gasteiger partial charge in [-0.3, -0.25) is 4.79 Å². The monoisotopic (exact) mass is 319 g/mol. The van der Waals surface area contributed by atoms with Gasteiger partial charge in [0.2, 0.25) is 5.91 Å². The maximum atomic E-state index is 12.2. The van der Waals surface area contributed by atoms with Crippen LogP contribution in [0.25, 0.3) is 0 Å². The highest BCUT2D eigenvalue weighted by Gasteiger charge is 2.61. The minimum atomic E-state index is -0.0860. The number of rotatable bonds is 0. The summed E-state index contributed by atoms with van der Waals surface area (Å²) in [5.74, 6) is 3.17. The Bertz CT molecular complexity index is 520. The summed E-state index contributed by atoms with van der Waals surface area (Å²) in [5, 5.41) is 10.3. The number of aliphatic hydroxyl groups excluding tert-OH is 1. The fourth-order valence-corrected chi connectivity index (χ4v) is 7.49. The molecule has 0 aromatic rings. The van der Waals surface area contributed by atoms with Gasteiger partial charge in [-0.1, -0.05) is 20.8 Å². The van der Waals surface area contributed by atoms with E-state index in [1.54, 1.807) is 0 Å². The fraction of sp³-hybridized carbons (Fsp3) is 0.950. The number of nitrogens with zero attached hydrogens (tertiary/aromatic N) is 1. The van der Waals surface area contributed by atoms with Crippen molar-refractivity contribution < 1.29 is 9.90 Å². The van der Waals surface area contributed by atoms with Gasteiger partial charge < -0.3 is 10.0 Å². The lowest BCUT2D eigenvalue weighted by molar-refractivity contribution is -0.164. The first kappa shape index (κ1) is 15.9. The second-order valence-corrected chi connectivity index (χ2v) is 9.82. The zero-order chi connectivity index (χ0) is 16.6. The van der Waals surface area contributed by atoms with Gasteiger partial charge in [-0.2, -0.15) is 0 Å². The van der Waals surface area contributed by atoms with E-state index in [-0.39, 0.29) is 11.5 Å². The minimum Gasteiger partial charge on any atom is -0.393 e. The van der Waals surface area contributed by atoms with E-state index in [9.17, 15) is 9.90 Å². The molecule has 1 N–H and O–H groups in total. The fourth-order valence-electron chi connectivity index (χ4n) is 7.49. The molecule has 1 heterocycles. The van der Waals surface area contributed by atoms with Crippen molar-refractivity contribution in [3.05, 3.63) is 0 Å². The number of piperidine rings is 1. The van der Waals surface area contributed by atoms with Gasteiger partial charge in [-0.05, 0) is 73.0 Å². The molecule has 1 amide bonds. The van der Waals surface area contributed by atoms with Crippen molar-refractivity contribution in [2.45, 2.75) is 77.9 Å². The molecule has 3 nitrogen and oxygen atoms in total. The molecular weight excluding hydrogens is 286 g/mol. The molecule has 1 aliphatic heterocycles. The molecule has 0 bridgehead atoms. The molecule has 8 atom stereocenters. The van der Waals surface area contributed by atoms with E-state index in [4.69, 9.17) is 0 Å². The predicted octanol–water partition coefficient (Wildman–Crippen LogP) is 3.46. The van der Waals surface area contributed by atoms with Crippen molar-refractivity contribution in [1.82, 2.24) is 4.90 Å². The average molecular weight is 319 g/mol. The van der Waals surface area contributed by atoms with Crippen LogP contribution in [0.2, 0.25) is 0 Å². The van der Waals surface area contributed by atoms with Gasteiger partial charge in [0.1, 0.15) is 0 Å². The third-order valence-corrected chi connectivity index (χ3v) is 8.68. The average Bonchev–Trinajstić information content (AvgIpc) is 2.80. The van der Waals surface area contributed by atoms with Crippen LogP contribution < -0.4 is 0 Å². The minimum absolute atomic E-state index is 0.0860. The van der Waals surface area contributed by atoms with Crippen molar-refractivity contribution in [2.24, 2.45) is 34.5 Å². The van der Waals surface area contributed by atoms with Gasteiger partial charge in [-0.25, -0.2) is 0 Å². The summed E-state index contributed by atoms with van der Waals surface area (Å²) in [6.07, 6.45) is 7.45. The molecule has 0 aromatic carbocycles. The van der Waals surface area contributed by atoms with Crippen LogP contribution in [0.15, 0.2) is 0 Å². The SMILES string of the molecule is C[C@H]1CC2N(C)C(=O)CC[C@]2(C)C2CCC3(C)C[C@H](O)CC3C21. The summed E-state index contributed by atoms with van der Waals surface area (Å²) in [7, 11) is 2.03. The van der Waals surface area contributed by atoms with Crippen molar-refractivity contribution in [3.8, 4) is 0 Å². The summed E-state index contributed by atoms with van der Waals surface area (Å²) in [4.78, 5) is 14.3. The third kappa shape index (κ3) is 2.08. The van der Waals surface area contributed by atoms with E-state index in [0.717, 1.165) is 43.9 Å². The number of amides is 1. The predicted molar refractivity (Wildman–Crippen MR) is 90.7 cm³/mol. The first-order valence-electron chi connectivity index (χ1n) is 9.70. The second kappa shape index (κ2) is 4.97. The molecule has 3 aliphatic carbocycles. The maximum absolute atomic E-state index is 12.2. The summed E-state index contributed by atoms with van der Waals surface area (Å²) < 4.78 is 0. The van der Waals surface area contributed by atoms with E-state index < -0.39 is 0 Å². The lowest BCUT2D eigenvalue weighted by Crippen LogP contribution is -2.62. The summed E-state index contributed by atoms with van der Waals surface area (Å²) in [5.41, 5.74) is 0.642. The molecule has 0 radical (unpaired) electrons. The highest BCUT2D eigenvalue weighted by molar-refractivity contribution is 5.77. The Kier molecular flexibility index (Phi) is 3.44. The van der Waals surface area contributed by atoms with E-state index >= 15 is 0 Å². The Hall–Kier alpha value is -0.570. The number of hydrogen-bond donors (Lipinski definition) is 1. The number of likely N-dealkylation sites (tertiary alicyclic amines) is 1. The summed E-state index contributed by atoms with van der Waals surface area (Å²) in [6.45, 7) is 7.32. The van der Waals surface area contributed by atoms with Gasteiger partial charge in [-0.15, -0.1) is 0 Å². The zero-order valence-corrected chi connectivity index (χ0v) is 15.2. The standard InChI is InChI=1S/C20H33NO2/c1-12-9-16-20(3,8-6-17(23)21(16)4)14-5-7-19(2)11-13(22)10-15(19)18(12)14/h12-16,18,22H,5-11H2,1-4H3/t12-,13+,14?,15?,16?,18?,19?,20+/m0/s1. The van der Waals surface area contributed by atoms with Gasteiger partial charge in [0.15, 0.2) is 0 Å². The van der Waals surface area contributed by atoms with Crippen LogP contribution in [-0.2, 0) is 4.79 Å². The number of aliphatic hydroxyl groups is 1. The normalized spacial score (nSPS) is 56.0. The van der Waals surface area contributed by atoms with Gasteiger partial charge >= 0.3 is 0 Å². The Balaban J connectivity index is 1.70. The Labute approximate surface area is 140 Å². The number of carbonyl (C=O) groups excluding carboxylic acids is 1. The molecule has 4 aliphatic rings. The molecule has 23 heavy (non-hydrogen) atoms. The highest BCUT2D eigenvalue weighted by Crippen LogP contribution is 2.65. The van der Waals surface area contributed by atoms with E-state index in [2.05, 4.69) is 25.7 Å². The van der Waals surface area contributed by atoms with Crippen LogP contribution in [-0.4, -0.2) is 35.1 Å². The first-order chi connectivity index (χ1) is 10.8. The highest BCUT2D eigenvalue weighted by atomic mass is 16.3. The molecule has 3 saturated carbocycles. The van der Waals surface area contributed by atoms with E-state index in [0.29, 0.717) is 29.2 Å². The quantitative estimate of drug-likeness (QED) is 0.743. The van der Waals surface area contributed by atoms with Crippen LogP contribution in [0, 0.1) is 34.5 Å². The first-order valence-corrected chi connectivity index (χ1v) is 9.70. The topological polar surface area (TPSA) is 40.5 Å². The van der Waals surface area contributed by atoms with Crippen LogP contribution >= 0.6 is 0 Å². The Morgan fingerprint density at radius 2 is 1.91 bits per heavy atom. The maximum Gasteiger partial charge on any atom is 0.222 e. The molecule has 4 rings (SSSR count). The summed E-state index contributed by atoms with van der Waals surface area (Å²) in [6, 6.07) is 0.427. The van der Waals surface area contributed by atoms with Gasteiger partial charge in [0, 0.05) is 19.5 Å². The smallest absolute Gasteiger partial charge is 0.222 e. The molecule has 0 spiro atoms. The van der Waals surface area contributed by atoms with Crippen LogP contribution in [0.3, 0.4) is 0 Å². The number of fused-ring (bicyclic) bond motifs is 5. The third-order valence-electron chi connectivity index (χ3n) is 8.68. The largest absolute Gasteiger partial charge is 0.393 e. The number of hydrogen-bond acceptors (Lipinski definition) is 2. The lowest BCUT2D eigenvalue weighted by atomic mass is 9.45. The van der Waals surface area contributed by atoms with Crippen molar-refractivity contribution in [2.75, 3.05) is 7.05 Å². The van der Waals surface area contributed by atoms with Crippen molar-refractivity contribution >= 4 is 5.91 Å². The molecule has 4 fully saturated rings. The van der Waals surface area contributed by atoms with E-state index in [1.807, 2.05) is 7.05 Å². The van der Waals surface area contributed by atoms with Crippen LogP contribution in [0.1, 0.15) is 65.7 Å². The van der Waals surface area contributed by atoms with Gasteiger partial charge in [0.25, 0.3) is 0 Å². The van der Waals surface area contributed by atoms with Crippen LogP contribution in [0.5, 0.6) is 0 Å². The van der Waals surface area contributed by atoms with Crippen molar-refractivity contribution in [1.29, 1.82) is 0 Å². The Morgan fingerprint density at radius 1 is 1.17 bits per heavy atom. The molecular formula is C20H33NO2. The van der Waals surface area contributed by atoms with Gasteiger partial charge in [0.05, 0.1) is 6.10 Å². The molecule has 0 aromatic heterocycles.